The molecule has 0 atom stereocenters. The van der Waals surface area contributed by atoms with E-state index in [0.29, 0.717) is 16.5 Å². The summed E-state index contributed by atoms with van der Waals surface area (Å²) in [5.41, 5.74) is 0.998. The van der Waals surface area contributed by atoms with Crippen molar-refractivity contribution in [3.8, 4) is 0 Å². The highest BCUT2D eigenvalue weighted by Gasteiger charge is 2.44. The van der Waals surface area contributed by atoms with Gasteiger partial charge in [0.2, 0.25) is 10.0 Å². The molecular weight excluding hydrogens is 306 g/mol. The minimum absolute atomic E-state index is 0.104. The van der Waals surface area contributed by atoms with Crippen molar-refractivity contribution in [3.05, 3.63) is 65.2 Å². The van der Waals surface area contributed by atoms with Crippen LogP contribution in [0.1, 0.15) is 18.4 Å². The van der Waals surface area contributed by atoms with Crippen LogP contribution in [-0.4, -0.2) is 15.0 Å². The van der Waals surface area contributed by atoms with Crippen LogP contribution in [0.3, 0.4) is 0 Å². The molecule has 21 heavy (non-hydrogen) atoms. The Kier molecular flexibility index (Phi) is 3.78. The molecule has 2 aromatic rings. The average Bonchev–Trinajstić information content (AvgIpc) is 3.28. The third kappa shape index (κ3) is 3.12. The second-order valence-corrected chi connectivity index (χ2v) is 7.63. The van der Waals surface area contributed by atoms with Gasteiger partial charge in [0, 0.05) is 17.0 Å². The summed E-state index contributed by atoms with van der Waals surface area (Å²) in [6.45, 7) is 0.407. The Morgan fingerprint density at radius 1 is 1.05 bits per heavy atom. The van der Waals surface area contributed by atoms with Gasteiger partial charge < -0.3 is 0 Å². The average molecular weight is 322 g/mol. The van der Waals surface area contributed by atoms with E-state index >= 15 is 0 Å². The smallest absolute Gasteiger partial charge is 0.210 e. The highest BCUT2D eigenvalue weighted by atomic mass is 35.5. The second-order valence-electron chi connectivity index (χ2n) is 5.43. The SMILES string of the molecule is O=S(=O)(NCC1(c2cccc(Cl)c2)CC1)c1ccccc1. The van der Waals surface area contributed by atoms with Crippen molar-refractivity contribution in [1.29, 1.82) is 0 Å². The topological polar surface area (TPSA) is 46.2 Å². The fourth-order valence-electron chi connectivity index (χ4n) is 2.45. The van der Waals surface area contributed by atoms with Crippen LogP contribution in [-0.2, 0) is 15.4 Å². The molecule has 1 aliphatic carbocycles. The molecule has 0 bridgehead atoms. The lowest BCUT2D eigenvalue weighted by Crippen LogP contribution is -2.32. The molecule has 1 aliphatic rings. The van der Waals surface area contributed by atoms with Crippen LogP contribution in [0.5, 0.6) is 0 Å². The Morgan fingerprint density at radius 3 is 2.38 bits per heavy atom. The molecule has 3 nitrogen and oxygen atoms in total. The Bertz CT molecular complexity index is 740. The first kappa shape index (κ1) is 14.6. The van der Waals surface area contributed by atoms with E-state index in [2.05, 4.69) is 4.72 Å². The molecule has 0 heterocycles. The molecule has 3 rings (SSSR count). The molecule has 2 aromatic carbocycles. The first-order valence-electron chi connectivity index (χ1n) is 6.83. The van der Waals surface area contributed by atoms with Gasteiger partial charge in [-0.2, -0.15) is 0 Å². The zero-order valence-corrected chi connectivity index (χ0v) is 13.0. The van der Waals surface area contributed by atoms with Crippen LogP contribution >= 0.6 is 11.6 Å². The van der Waals surface area contributed by atoms with E-state index in [1.54, 1.807) is 30.3 Å². The predicted molar refractivity (Wildman–Crippen MR) is 84.0 cm³/mol. The number of sulfonamides is 1. The zero-order chi connectivity index (χ0) is 14.9. The van der Waals surface area contributed by atoms with Crippen LogP contribution < -0.4 is 4.72 Å². The van der Waals surface area contributed by atoms with E-state index in [0.717, 1.165) is 18.4 Å². The van der Waals surface area contributed by atoms with Gasteiger partial charge in [0.25, 0.3) is 0 Å². The van der Waals surface area contributed by atoms with Crippen molar-refractivity contribution in [1.82, 2.24) is 4.72 Å². The molecule has 0 aliphatic heterocycles. The lowest BCUT2D eigenvalue weighted by molar-refractivity contribution is 0.567. The third-order valence-electron chi connectivity index (χ3n) is 3.94. The van der Waals surface area contributed by atoms with E-state index in [-0.39, 0.29) is 5.41 Å². The number of rotatable bonds is 5. The van der Waals surface area contributed by atoms with Crippen LogP contribution in [0.2, 0.25) is 5.02 Å². The second kappa shape index (κ2) is 5.44. The van der Waals surface area contributed by atoms with Crippen molar-refractivity contribution >= 4 is 21.6 Å². The number of hydrogen-bond acceptors (Lipinski definition) is 2. The number of halogens is 1. The lowest BCUT2D eigenvalue weighted by Gasteiger charge is -2.17. The Labute approximate surface area is 130 Å². The summed E-state index contributed by atoms with van der Waals surface area (Å²) in [6, 6.07) is 16.1. The molecular formula is C16H16ClNO2S. The largest absolute Gasteiger partial charge is 0.240 e. The molecule has 1 fully saturated rings. The normalized spacial score (nSPS) is 16.6. The van der Waals surface area contributed by atoms with Crippen LogP contribution in [0.15, 0.2) is 59.5 Å². The van der Waals surface area contributed by atoms with E-state index in [1.807, 2.05) is 24.3 Å². The van der Waals surface area contributed by atoms with Crippen LogP contribution in [0.4, 0.5) is 0 Å². The summed E-state index contributed by atoms with van der Waals surface area (Å²) in [4.78, 5) is 0.298. The van der Waals surface area contributed by atoms with Crippen LogP contribution in [0, 0.1) is 0 Å². The molecule has 1 N–H and O–H groups in total. The minimum Gasteiger partial charge on any atom is -0.210 e. The number of benzene rings is 2. The maximum Gasteiger partial charge on any atom is 0.240 e. The van der Waals surface area contributed by atoms with Gasteiger partial charge in [-0.25, -0.2) is 13.1 Å². The van der Waals surface area contributed by atoms with E-state index in [4.69, 9.17) is 11.6 Å². The van der Waals surface area contributed by atoms with Gasteiger partial charge >= 0.3 is 0 Å². The van der Waals surface area contributed by atoms with Crippen molar-refractivity contribution in [2.45, 2.75) is 23.2 Å². The highest BCUT2D eigenvalue weighted by Crippen LogP contribution is 2.48. The Hall–Kier alpha value is -1.36. The predicted octanol–water partition coefficient (Wildman–Crippen LogP) is 3.35. The molecule has 0 spiro atoms. The number of hydrogen-bond donors (Lipinski definition) is 1. The summed E-state index contributed by atoms with van der Waals surface area (Å²) in [5.74, 6) is 0. The van der Waals surface area contributed by atoms with Gasteiger partial charge in [-0.15, -0.1) is 0 Å². The zero-order valence-electron chi connectivity index (χ0n) is 11.4. The lowest BCUT2D eigenvalue weighted by atomic mass is 9.96. The summed E-state index contributed by atoms with van der Waals surface area (Å²) >= 11 is 6.03. The van der Waals surface area contributed by atoms with Crippen molar-refractivity contribution in [2.75, 3.05) is 6.54 Å². The molecule has 110 valence electrons. The molecule has 0 unspecified atom stereocenters. The van der Waals surface area contributed by atoms with Crippen molar-refractivity contribution in [3.63, 3.8) is 0 Å². The number of nitrogens with one attached hydrogen (secondary N) is 1. The summed E-state index contributed by atoms with van der Waals surface area (Å²) in [6.07, 6.45) is 1.95. The molecule has 0 saturated heterocycles. The van der Waals surface area contributed by atoms with E-state index in [9.17, 15) is 8.42 Å². The first-order valence-corrected chi connectivity index (χ1v) is 8.69. The van der Waals surface area contributed by atoms with Gasteiger partial charge in [0.05, 0.1) is 4.90 Å². The molecule has 0 amide bonds. The van der Waals surface area contributed by atoms with Crippen molar-refractivity contribution < 1.29 is 8.42 Å². The van der Waals surface area contributed by atoms with E-state index in [1.165, 1.54) is 0 Å². The van der Waals surface area contributed by atoms with Crippen LogP contribution in [0.25, 0.3) is 0 Å². The fourth-order valence-corrected chi connectivity index (χ4v) is 3.79. The molecule has 0 radical (unpaired) electrons. The summed E-state index contributed by atoms with van der Waals surface area (Å²) < 4.78 is 27.3. The van der Waals surface area contributed by atoms with E-state index < -0.39 is 10.0 Å². The molecule has 5 heteroatoms. The quantitative estimate of drug-likeness (QED) is 0.918. The highest BCUT2D eigenvalue weighted by molar-refractivity contribution is 7.89. The maximum absolute atomic E-state index is 12.3. The minimum atomic E-state index is -3.45. The summed E-state index contributed by atoms with van der Waals surface area (Å²) in [5, 5.41) is 0.685. The van der Waals surface area contributed by atoms with Gasteiger partial charge in [0.1, 0.15) is 0 Å². The van der Waals surface area contributed by atoms with Gasteiger partial charge in [-0.1, -0.05) is 41.9 Å². The third-order valence-corrected chi connectivity index (χ3v) is 5.60. The fraction of sp³-hybridized carbons (Fsp3) is 0.250. The summed E-state index contributed by atoms with van der Waals surface area (Å²) in [7, 11) is -3.45. The maximum atomic E-state index is 12.3. The Morgan fingerprint density at radius 2 is 1.76 bits per heavy atom. The Balaban J connectivity index is 1.76. The monoisotopic (exact) mass is 321 g/mol. The van der Waals surface area contributed by atoms with Crippen molar-refractivity contribution in [2.24, 2.45) is 0 Å². The molecule has 0 aromatic heterocycles. The molecule has 1 saturated carbocycles. The first-order chi connectivity index (χ1) is 10.0. The van der Waals surface area contributed by atoms with Gasteiger partial charge in [-0.05, 0) is 42.7 Å². The van der Waals surface area contributed by atoms with Gasteiger partial charge in [-0.3, -0.25) is 0 Å². The standard InChI is InChI=1S/C16H16ClNO2S/c17-14-6-4-5-13(11-14)16(9-10-16)12-18-21(19,20)15-7-2-1-3-8-15/h1-8,11,18H,9-10,12H2. The van der Waals surface area contributed by atoms with Gasteiger partial charge in [0.15, 0.2) is 0 Å².